The zero-order valence-corrected chi connectivity index (χ0v) is 17.2. The molecule has 0 aromatic carbocycles. The Labute approximate surface area is 146 Å². The second kappa shape index (κ2) is 11.1. The molecule has 9 heteroatoms. The minimum Gasteiger partial charge on any atom is -0.307 e. The fourth-order valence-corrected chi connectivity index (χ4v) is 8.04. The molecule has 0 amide bonds. The van der Waals surface area contributed by atoms with Crippen LogP contribution >= 0.6 is 15.2 Å². The van der Waals surface area contributed by atoms with E-state index in [0.717, 1.165) is 25.7 Å². The van der Waals surface area contributed by atoms with Gasteiger partial charge in [-0.1, -0.05) is 19.3 Å². The van der Waals surface area contributed by atoms with Crippen molar-refractivity contribution in [2.24, 2.45) is 0 Å². The maximum atomic E-state index is 13.3. The van der Waals surface area contributed by atoms with Crippen molar-refractivity contribution >= 4 is 15.2 Å². The van der Waals surface area contributed by atoms with Gasteiger partial charge in [0.1, 0.15) is 0 Å². The molecule has 0 aromatic heterocycles. The highest BCUT2D eigenvalue weighted by molar-refractivity contribution is 7.72. The van der Waals surface area contributed by atoms with Crippen molar-refractivity contribution in [3.63, 3.8) is 0 Å². The highest BCUT2D eigenvalue weighted by Gasteiger charge is 2.51. The standard InChI is InChI=1S/C15H33NO6P2/c1-5-19-23(17,20-6-2)15(16-14-12-10-9-11-13-14)24(18,21-7-3)22-8-4/h14-16H,5-13H2,1-4H3. The van der Waals surface area contributed by atoms with Crippen molar-refractivity contribution in [2.45, 2.75) is 71.4 Å². The van der Waals surface area contributed by atoms with Crippen LogP contribution in [0.4, 0.5) is 0 Å². The van der Waals surface area contributed by atoms with Crippen LogP contribution in [0.25, 0.3) is 0 Å². The summed E-state index contributed by atoms with van der Waals surface area (Å²) < 4.78 is 48.5. The molecule has 7 nitrogen and oxygen atoms in total. The van der Waals surface area contributed by atoms with E-state index in [4.69, 9.17) is 18.1 Å². The van der Waals surface area contributed by atoms with E-state index in [1.807, 2.05) is 0 Å². The Morgan fingerprint density at radius 3 is 1.50 bits per heavy atom. The van der Waals surface area contributed by atoms with Crippen LogP contribution in [-0.4, -0.2) is 38.0 Å². The number of hydrogen-bond donors (Lipinski definition) is 1. The summed E-state index contributed by atoms with van der Waals surface area (Å²) in [5.74, 6) is 0. The third kappa shape index (κ3) is 6.21. The zero-order valence-electron chi connectivity index (χ0n) is 15.4. The van der Waals surface area contributed by atoms with E-state index in [2.05, 4.69) is 5.32 Å². The van der Waals surface area contributed by atoms with Gasteiger partial charge in [0.05, 0.1) is 26.4 Å². The molecule has 0 unspecified atom stereocenters. The SMILES string of the molecule is CCOP(=O)(OCC)C(NC1CCCCC1)P(=O)(OCC)OCC. The smallest absolute Gasteiger partial charge is 0.307 e. The van der Waals surface area contributed by atoms with Crippen LogP contribution in [0.5, 0.6) is 0 Å². The van der Waals surface area contributed by atoms with Gasteiger partial charge in [-0.3, -0.25) is 14.4 Å². The first kappa shape index (κ1) is 22.3. The Bertz CT molecular complexity index is 392. The van der Waals surface area contributed by atoms with Gasteiger partial charge in [0.2, 0.25) is 5.52 Å². The third-order valence-corrected chi connectivity index (χ3v) is 9.49. The van der Waals surface area contributed by atoms with Gasteiger partial charge in [-0.25, -0.2) is 0 Å². The molecule has 1 saturated carbocycles. The summed E-state index contributed by atoms with van der Waals surface area (Å²) in [5.41, 5.74) is -1.10. The second-order valence-corrected chi connectivity index (χ2v) is 10.3. The normalized spacial score (nSPS) is 17.5. The van der Waals surface area contributed by atoms with E-state index < -0.39 is 20.7 Å². The van der Waals surface area contributed by atoms with E-state index in [1.165, 1.54) is 6.42 Å². The van der Waals surface area contributed by atoms with Gasteiger partial charge in [-0.2, -0.15) is 0 Å². The minimum absolute atomic E-state index is 0.104. The molecule has 0 bridgehead atoms. The summed E-state index contributed by atoms with van der Waals surface area (Å²) >= 11 is 0. The lowest BCUT2D eigenvalue weighted by Crippen LogP contribution is -2.41. The molecule has 1 aliphatic rings. The molecule has 0 saturated heterocycles. The van der Waals surface area contributed by atoms with Crippen molar-refractivity contribution < 1.29 is 27.2 Å². The molecule has 24 heavy (non-hydrogen) atoms. The van der Waals surface area contributed by atoms with E-state index in [1.54, 1.807) is 27.7 Å². The molecule has 0 radical (unpaired) electrons. The van der Waals surface area contributed by atoms with E-state index in [-0.39, 0.29) is 32.5 Å². The van der Waals surface area contributed by atoms with Crippen LogP contribution in [0.2, 0.25) is 0 Å². The third-order valence-electron chi connectivity index (χ3n) is 3.83. The molecule has 0 aromatic rings. The minimum atomic E-state index is -3.70. The van der Waals surface area contributed by atoms with Gasteiger partial charge >= 0.3 is 15.2 Å². The molecule has 144 valence electrons. The van der Waals surface area contributed by atoms with Gasteiger partial charge in [0.25, 0.3) is 0 Å². The Balaban J connectivity index is 3.15. The first-order chi connectivity index (χ1) is 11.5. The van der Waals surface area contributed by atoms with Crippen molar-refractivity contribution in [3.8, 4) is 0 Å². The van der Waals surface area contributed by atoms with Gasteiger partial charge in [0.15, 0.2) is 0 Å². The summed E-state index contributed by atoms with van der Waals surface area (Å²) in [6.07, 6.45) is 5.24. The van der Waals surface area contributed by atoms with Crippen LogP contribution in [0.1, 0.15) is 59.8 Å². The molecule has 0 spiro atoms. The van der Waals surface area contributed by atoms with Crippen LogP contribution < -0.4 is 5.32 Å². The Morgan fingerprint density at radius 2 is 1.17 bits per heavy atom. The lowest BCUT2D eigenvalue weighted by Gasteiger charge is -2.35. The molecule has 1 N–H and O–H groups in total. The summed E-state index contributed by atoms with van der Waals surface area (Å²) in [5, 5.41) is 3.25. The fraction of sp³-hybridized carbons (Fsp3) is 1.00. The lowest BCUT2D eigenvalue weighted by atomic mass is 9.96. The molecule has 1 fully saturated rings. The average molecular weight is 385 g/mol. The van der Waals surface area contributed by atoms with Crippen molar-refractivity contribution in [1.82, 2.24) is 5.32 Å². The fourth-order valence-electron chi connectivity index (χ4n) is 2.91. The Hall–Kier alpha value is 0.260. The summed E-state index contributed by atoms with van der Waals surface area (Å²) in [7, 11) is -7.40. The topological polar surface area (TPSA) is 83.1 Å². The van der Waals surface area contributed by atoms with Crippen molar-refractivity contribution in [3.05, 3.63) is 0 Å². The van der Waals surface area contributed by atoms with E-state index >= 15 is 0 Å². The molecule has 0 heterocycles. The molecular weight excluding hydrogens is 352 g/mol. The van der Waals surface area contributed by atoms with Gasteiger partial charge in [-0.15, -0.1) is 0 Å². The average Bonchev–Trinajstić information content (AvgIpc) is 2.54. The first-order valence-electron chi connectivity index (χ1n) is 8.99. The number of hydrogen-bond acceptors (Lipinski definition) is 7. The second-order valence-electron chi connectivity index (χ2n) is 5.63. The Morgan fingerprint density at radius 1 is 0.792 bits per heavy atom. The quantitative estimate of drug-likeness (QED) is 0.487. The predicted molar refractivity (Wildman–Crippen MR) is 95.5 cm³/mol. The summed E-state index contributed by atoms with van der Waals surface area (Å²) in [4.78, 5) is 0. The molecule has 1 rings (SSSR count). The van der Waals surface area contributed by atoms with Crippen LogP contribution in [0, 0.1) is 0 Å². The molecule has 1 aliphatic carbocycles. The maximum Gasteiger partial charge on any atom is 0.359 e. The van der Waals surface area contributed by atoms with Crippen molar-refractivity contribution in [2.75, 3.05) is 26.4 Å². The molecule has 0 atom stereocenters. The monoisotopic (exact) mass is 385 g/mol. The maximum absolute atomic E-state index is 13.3. The largest absolute Gasteiger partial charge is 0.359 e. The summed E-state index contributed by atoms with van der Waals surface area (Å²) in [6.45, 7) is 7.70. The zero-order chi connectivity index (χ0) is 18.1. The predicted octanol–water partition coefficient (Wildman–Crippen LogP) is 4.72. The summed E-state index contributed by atoms with van der Waals surface area (Å²) in [6, 6.07) is 0.104. The highest BCUT2D eigenvalue weighted by Crippen LogP contribution is 2.69. The van der Waals surface area contributed by atoms with E-state index in [0.29, 0.717) is 0 Å². The van der Waals surface area contributed by atoms with Gasteiger partial charge in [-0.05, 0) is 40.5 Å². The Kier molecular flexibility index (Phi) is 10.3. The van der Waals surface area contributed by atoms with E-state index in [9.17, 15) is 9.13 Å². The highest BCUT2D eigenvalue weighted by atomic mass is 31.2. The lowest BCUT2D eigenvalue weighted by molar-refractivity contribution is 0.185. The number of nitrogens with one attached hydrogen (secondary N) is 1. The van der Waals surface area contributed by atoms with Crippen LogP contribution in [0.15, 0.2) is 0 Å². The number of rotatable bonds is 12. The van der Waals surface area contributed by atoms with Crippen LogP contribution in [0.3, 0.4) is 0 Å². The van der Waals surface area contributed by atoms with Crippen molar-refractivity contribution in [1.29, 1.82) is 0 Å². The molecular formula is C15H33NO6P2. The van der Waals surface area contributed by atoms with Gasteiger partial charge < -0.3 is 18.1 Å². The van der Waals surface area contributed by atoms with Crippen LogP contribution in [-0.2, 0) is 27.2 Å². The molecule has 0 aliphatic heterocycles. The first-order valence-corrected chi connectivity index (χ1v) is 12.2. The van der Waals surface area contributed by atoms with Gasteiger partial charge in [0, 0.05) is 6.04 Å².